The second-order valence-electron chi connectivity index (χ2n) is 12.1. The quantitative estimate of drug-likeness (QED) is 0.237. The van der Waals surface area contributed by atoms with Gasteiger partial charge in [0.2, 0.25) is 11.8 Å². The van der Waals surface area contributed by atoms with E-state index in [0.717, 1.165) is 12.8 Å². The van der Waals surface area contributed by atoms with Crippen LogP contribution in [-0.4, -0.2) is 64.6 Å². The molecule has 0 spiro atoms. The molecule has 2 heterocycles. The minimum atomic E-state index is -1.31. The van der Waals surface area contributed by atoms with Crippen LogP contribution in [0.1, 0.15) is 48.0 Å². The van der Waals surface area contributed by atoms with Crippen molar-refractivity contribution in [1.29, 1.82) is 0 Å². The minimum absolute atomic E-state index is 0.0773. The second kappa shape index (κ2) is 11.8. The first kappa shape index (κ1) is 30.5. The number of likely N-dealkylation sites (tertiary alicyclic amines) is 1. The van der Waals surface area contributed by atoms with Gasteiger partial charge in [-0.15, -0.1) is 0 Å². The van der Waals surface area contributed by atoms with Crippen molar-refractivity contribution in [1.82, 2.24) is 9.96 Å². The van der Waals surface area contributed by atoms with Crippen LogP contribution in [0.3, 0.4) is 0 Å². The first-order valence-corrected chi connectivity index (χ1v) is 15.4. The molecule has 3 aromatic carbocycles. The van der Waals surface area contributed by atoms with Crippen molar-refractivity contribution in [2.45, 2.75) is 43.7 Å². The van der Waals surface area contributed by atoms with Gasteiger partial charge in [-0.2, -0.15) is 0 Å². The number of hydroxylamine groups is 2. The summed E-state index contributed by atoms with van der Waals surface area (Å²) < 4.78 is 16.0. The van der Waals surface area contributed by atoms with E-state index in [1.807, 2.05) is 6.92 Å². The minimum Gasteiger partial charge on any atom is -0.324 e. The highest BCUT2D eigenvalue weighted by molar-refractivity contribution is 6.31. The lowest BCUT2D eigenvalue weighted by Crippen LogP contribution is -2.56. The van der Waals surface area contributed by atoms with Gasteiger partial charge in [0.1, 0.15) is 11.4 Å². The maximum Gasteiger partial charge on any atom is 0.276 e. The molecule has 0 unspecified atom stereocenters. The molecule has 11 heteroatoms. The van der Waals surface area contributed by atoms with Crippen LogP contribution in [0.25, 0.3) is 0 Å². The molecule has 3 aliphatic rings. The number of anilines is 2. The third kappa shape index (κ3) is 5.36. The van der Waals surface area contributed by atoms with Gasteiger partial charge in [-0.25, -0.2) is 9.45 Å². The lowest BCUT2D eigenvalue weighted by molar-refractivity contribution is -0.127. The molecule has 0 aromatic heterocycles. The molecule has 2 aliphatic heterocycles. The van der Waals surface area contributed by atoms with Crippen molar-refractivity contribution in [3.8, 4) is 0 Å². The van der Waals surface area contributed by atoms with E-state index < -0.39 is 29.1 Å². The van der Waals surface area contributed by atoms with E-state index in [0.29, 0.717) is 46.9 Å². The van der Waals surface area contributed by atoms with Gasteiger partial charge in [-0.3, -0.25) is 24.5 Å². The van der Waals surface area contributed by atoms with Crippen LogP contribution in [0.5, 0.6) is 0 Å². The van der Waals surface area contributed by atoms with Gasteiger partial charge in [-0.1, -0.05) is 41.4 Å². The molecule has 4 atom stereocenters. The molecule has 1 saturated carbocycles. The average molecular weight is 640 g/mol. The highest BCUT2D eigenvalue weighted by atomic mass is 35.5. The summed E-state index contributed by atoms with van der Waals surface area (Å²) >= 11 is 12.5. The zero-order valence-corrected chi connectivity index (χ0v) is 25.9. The first-order chi connectivity index (χ1) is 21.0. The number of fused-ring (bicyclic) bond motifs is 1. The smallest absolute Gasteiger partial charge is 0.276 e. The van der Waals surface area contributed by atoms with Crippen molar-refractivity contribution >= 4 is 52.3 Å². The number of carbonyl (C=O) groups excluding carboxylic acids is 3. The van der Waals surface area contributed by atoms with Crippen molar-refractivity contribution in [2.24, 2.45) is 11.8 Å². The number of rotatable bonds is 7. The number of piperidine rings is 1. The number of amides is 3. The van der Waals surface area contributed by atoms with Crippen LogP contribution < -0.4 is 10.2 Å². The van der Waals surface area contributed by atoms with Crippen LogP contribution in [0.4, 0.5) is 15.8 Å². The van der Waals surface area contributed by atoms with Gasteiger partial charge in [0.15, 0.2) is 0 Å². The van der Waals surface area contributed by atoms with E-state index in [9.17, 15) is 19.6 Å². The summed E-state index contributed by atoms with van der Waals surface area (Å²) in [5.74, 6) is -3.03. The molecular weight excluding hydrogens is 606 g/mol. The Morgan fingerprint density at radius 3 is 2.43 bits per heavy atom. The molecule has 2 N–H and O–H groups in total. The van der Waals surface area contributed by atoms with E-state index in [-0.39, 0.29) is 34.0 Å². The monoisotopic (exact) mass is 638 g/mol. The van der Waals surface area contributed by atoms with Crippen molar-refractivity contribution in [3.63, 3.8) is 0 Å². The lowest BCUT2D eigenvalue weighted by Gasteiger charge is -2.40. The van der Waals surface area contributed by atoms with Gasteiger partial charge in [-0.05, 0) is 86.2 Å². The highest BCUT2D eigenvalue weighted by Crippen LogP contribution is 2.55. The summed E-state index contributed by atoms with van der Waals surface area (Å²) in [5.41, 5.74) is 0.255. The average Bonchev–Trinajstić information content (AvgIpc) is 3.78. The van der Waals surface area contributed by atoms with Crippen LogP contribution in [0, 0.1) is 17.7 Å². The fraction of sp³-hybridized carbons (Fsp3) is 0.364. The third-order valence-corrected chi connectivity index (χ3v) is 9.83. The van der Waals surface area contributed by atoms with Gasteiger partial charge < -0.3 is 10.2 Å². The molecular formula is C33H33Cl2FN4O4. The van der Waals surface area contributed by atoms with E-state index in [4.69, 9.17) is 23.2 Å². The Labute approximate surface area is 265 Å². The van der Waals surface area contributed by atoms with Gasteiger partial charge in [0, 0.05) is 54.1 Å². The number of nitrogens with one attached hydrogen (secondary N) is 1. The number of carbonyl (C=O) groups is 3. The van der Waals surface area contributed by atoms with E-state index in [1.165, 1.54) is 13.1 Å². The predicted octanol–water partition coefficient (Wildman–Crippen LogP) is 6.22. The fourth-order valence-corrected chi connectivity index (χ4v) is 7.34. The van der Waals surface area contributed by atoms with Gasteiger partial charge >= 0.3 is 0 Å². The molecule has 3 aromatic rings. The van der Waals surface area contributed by atoms with Crippen LogP contribution in [0.15, 0.2) is 66.7 Å². The Kier molecular flexibility index (Phi) is 8.17. The molecule has 0 bridgehead atoms. The summed E-state index contributed by atoms with van der Waals surface area (Å²) in [4.78, 5) is 45.0. The van der Waals surface area contributed by atoms with Gasteiger partial charge in [0.25, 0.3) is 5.91 Å². The summed E-state index contributed by atoms with van der Waals surface area (Å²) in [7, 11) is 1.24. The van der Waals surface area contributed by atoms with Crippen LogP contribution in [0.2, 0.25) is 10.0 Å². The molecule has 2 saturated heterocycles. The van der Waals surface area contributed by atoms with Crippen LogP contribution >= 0.6 is 23.2 Å². The molecule has 8 nitrogen and oxygen atoms in total. The second-order valence-corrected chi connectivity index (χ2v) is 12.9. The van der Waals surface area contributed by atoms with Crippen molar-refractivity contribution in [3.05, 3.63) is 93.7 Å². The zero-order valence-electron chi connectivity index (χ0n) is 24.3. The largest absolute Gasteiger partial charge is 0.324 e. The Bertz CT molecular complexity index is 1620. The molecule has 1 aliphatic carbocycles. The summed E-state index contributed by atoms with van der Waals surface area (Å²) in [6.07, 6.45) is 2.62. The normalized spacial score (nSPS) is 25.1. The van der Waals surface area contributed by atoms with Crippen molar-refractivity contribution < 1.29 is 24.0 Å². The third-order valence-electron chi connectivity index (χ3n) is 9.31. The number of nitrogens with zero attached hydrogens (tertiary/aromatic N) is 3. The molecule has 44 heavy (non-hydrogen) atoms. The molecule has 3 amide bonds. The van der Waals surface area contributed by atoms with Gasteiger partial charge in [0.05, 0.1) is 10.9 Å². The number of hydrogen-bond donors (Lipinski definition) is 2. The zero-order chi connectivity index (χ0) is 31.3. The molecule has 3 fully saturated rings. The first-order valence-electron chi connectivity index (χ1n) is 14.7. The number of halogens is 3. The van der Waals surface area contributed by atoms with Crippen molar-refractivity contribution in [2.75, 3.05) is 30.4 Å². The number of hydrogen-bond acceptors (Lipinski definition) is 5. The Morgan fingerprint density at radius 1 is 1.07 bits per heavy atom. The molecule has 0 radical (unpaired) electrons. The van der Waals surface area contributed by atoms with E-state index in [1.54, 1.807) is 65.6 Å². The standard InChI is InChI=1S/C33H33Cl2FN4O4/c1-33(32(43)37-22-6-3-5-21(34)17-22)28(24-7-4-8-25(35)29(24)36)27-26(40(33)18-19-9-10-19)15-16-39(31(27)42)23-13-11-20(12-14-23)30(41)38(2)44/h3-8,11-14,17,19,26-28,44H,9-10,15-16,18H2,1-2H3,(H,37,43)/t26-,27+,28-,33+/m0/s1. The topological polar surface area (TPSA) is 93.2 Å². The maximum atomic E-state index is 16.0. The van der Waals surface area contributed by atoms with E-state index >= 15 is 4.39 Å². The summed E-state index contributed by atoms with van der Waals surface area (Å²) in [6.45, 7) is 2.80. The van der Waals surface area contributed by atoms with E-state index in [2.05, 4.69) is 10.2 Å². The number of benzene rings is 3. The SMILES string of the molecule is CN(O)C(=O)c1ccc(N2CC[C@H]3[C@@H](C2=O)[C@H](c2cccc(Cl)c2F)[C@](C)(C(=O)Nc2cccc(Cl)c2)N3CC2CC2)cc1. The molecule has 6 rings (SSSR count). The maximum absolute atomic E-state index is 16.0. The Hall–Kier alpha value is -3.50. The summed E-state index contributed by atoms with van der Waals surface area (Å²) in [5, 5.41) is 13.4. The Balaban J connectivity index is 1.44. The molecule has 230 valence electrons. The van der Waals surface area contributed by atoms with Crippen LogP contribution in [-0.2, 0) is 9.59 Å². The predicted molar refractivity (Wildman–Crippen MR) is 167 cm³/mol. The highest BCUT2D eigenvalue weighted by Gasteiger charge is 2.65. The fourth-order valence-electron chi connectivity index (χ4n) is 6.97. The lowest BCUT2D eigenvalue weighted by atomic mass is 9.72. The Morgan fingerprint density at radius 2 is 1.77 bits per heavy atom. The summed E-state index contributed by atoms with van der Waals surface area (Å²) in [6, 6.07) is 17.7.